The van der Waals surface area contributed by atoms with Gasteiger partial charge in [-0.05, 0) is 11.5 Å². The van der Waals surface area contributed by atoms with Crippen LogP contribution in [0.2, 0.25) is 0 Å². The molecule has 0 aromatic carbocycles. The molecule has 1 aromatic rings. The topological polar surface area (TPSA) is 73.4 Å². The molecule has 2 rings (SSSR count). The zero-order valence-corrected chi connectivity index (χ0v) is 14.9. The minimum Gasteiger partial charge on any atom is -0.373 e. The van der Waals surface area contributed by atoms with Crippen LogP contribution in [0.25, 0.3) is 0 Å². The Morgan fingerprint density at radius 2 is 2.14 bits per heavy atom. The minimum absolute atomic E-state index is 0. The predicted octanol–water partition coefficient (Wildman–Crippen LogP) is 1.33. The molecule has 0 saturated carbocycles. The van der Waals surface area contributed by atoms with Crippen LogP contribution in [-0.4, -0.2) is 52.4 Å². The number of carbonyl (C=O) groups excluding carboxylic acids is 1. The van der Waals surface area contributed by atoms with Gasteiger partial charge in [-0.25, -0.2) is 0 Å². The fourth-order valence-electron chi connectivity index (χ4n) is 2.21. The van der Waals surface area contributed by atoms with Crippen molar-refractivity contribution < 1.29 is 9.53 Å². The summed E-state index contributed by atoms with van der Waals surface area (Å²) in [6, 6.07) is 1.40. The van der Waals surface area contributed by atoms with Crippen LogP contribution in [0, 0.1) is 5.41 Å². The Balaban J connectivity index is 0.00000220. The van der Waals surface area contributed by atoms with Gasteiger partial charge < -0.3 is 15.4 Å². The first kappa shape index (κ1) is 21.2. The van der Waals surface area contributed by atoms with Crippen molar-refractivity contribution in [2.75, 3.05) is 19.7 Å². The molecule has 128 valence electrons. The summed E-state index contributed by atoms with van der Waals surface area (Å²) in [6.07, 6.45) is 3.60. The van der Waals surface area contributed by atoms with Gasteiger partial charge in [0.25, 0.3) is 0 Å². The second kappa shape index (κ2) is 8.72. The quantitative estimate of drug-likeness (QED) is 0.890. The first-order valence-corrected chi connectivity index (χ1v) is 7.01. The van der Waals surface area contributed by atoms with E-state index in [0.29, 0.717) is 26.2 Å². The van der Waals surface area contributed by atoms with Crippen molar-refractivity contribution in [3.8, 4) is 0 Å². The molecule has 6 nitrogen and oxygen atoms in total. The van der Waals surface area contributed by atoms with E-state index in [-0.39, 0.29) is 42.2 Å². The highest BCUT2D eigenvalue weighted by Gasteiger charge is 2.33. The maximum atomic E-state index is 12.4. The minimum atomic E-state index is -0.481. The molecule has 1 aliphatic rings. The Hall–Kier alpha value is -0.820. The highest BCUT2D eigenvalue weighted by Crippen LogP contribution is 2.20. The highest BCUT2D eigenvalue weighted by atomic mass is 35.5. The van der Waals surface area contributed by atoms with Crippen molar-refractivity contribution in [1.82, 2.24) is 14.7 Å². The van der Waals surface area contributed by atoms with Gasteiger partial charge in [-0.2, -0.15) is 5.10 Å². The summed E-state index contributed by atoms with van der Waals surface area (Å²) in [6.45, 7) is 8.34. The van der Waals surface area contributed by atoms with E-state index >= 15 is 0 Å². The summed E-state index contributed by atoms with van der Waals surface area (Å²) in [7, 11) is 0. The van der Waals surface area contributed by atoms with Gasteiger partial charge in [0.15, 0.2) is 0 Å². The predicted molar refractivity (Wildman–Crippen MR) is 90.5 cm³/mol. The molecule has 0 aliphatic carbocycles. The highest BCUT2D eigenvalue weighted by molar-refractivity contribution is 5.85. The molecular formula is C14H26Cl2N4O2. The van der Waals surface area contributed by atoms with E-state index in [0.717, 1.165) is 0 Å². The van der Waals surface area contributed by atoms with Gasteiger partial charge in [0.05, 0.1) is 25.3 Å². The molecule has 2 heterocycles. The SMILES string of the molecule is CC(C)(C)[C@H](N)C(=O)N1CCOC(Cn2cccn2)C1.Cl.Cl. The van der Waals surface area contributed by atoms with Gasteiger partial charge in [-0.3, -0.25) is 9.48 Å². The molecule has 2 atom stereocenters. The molecule has 1 aromatic heterocycles. The van der Waals surface area contributed by atoms with Gasteiger partial charge in [0, 0.05) is 25.5 Å². The fraction of sp³-hybridized carbons (Fsp3) is 0.714. The van der Waals surface area contributed by atoms with Gasteiger partial charge in [0.1, 0.15) is 0 Å². The number of carbonyl (C=O) groups is 1. The Morgan fingerprint density at radius 1 is 1.45 bits per heavy atom. The van der Waals surface area contributed by atoms with Crippen LogP contribution >= 0.6 is 24.8 Å². The summed E-state index contributed by atoms with van der Waals surface area (Å²) in [5.74, 6) is 0.00580. The van der Waals surface area contributed by atoms with Crippen LogP contribution in [0.4, 0.5) is 0 Å². The van der Waals surface area contributed by atoms with Crippen LogP contribution in [0.5, 0.6) is 0 Å². The Labute approximate surface area is 144 Å². The van der Waals surface area contributed by atoms with Gasteiger partial charge in [-0.1, -0.05) is 20.8 Å². The lowest BCUT2D eigenvalue weighted by atomic mass is 9.86. The third kappa shape index (κ3) is 5.43. The number of halogens is 2. The molecule has 0 spiro atoms. The number of amides is 1. The summed E-state index contributed by atoms with van der Waals surface area (Å²) >= 11 is 0. The molecule has 1 fully saturated rings. The van der Waals surface area contributed by atoms with E-state index in [1.54, 1.807) is 6.20 Å². The second-order valence-electron chi connectivity index (χ2n) is 6.35. The summed E-state index contributed by atoms with van der Waals surface area (Å²) in [5, 5.41) is 4.16. The van der Waals surface area contributed by atoms with E-state index in [2.05, 4.69) is 5.10 Å². The summed E-state index contributed by atoms with van der Waals surface area (Å²) in [5.41, 5.74) is 5.83. The molecule has 8 heteroatoms. The molecule has 1 aliphatic heterocycles. The average Bonchev–Trinajstić information content (AvgIpc) is 2.89. The van der Waals surface area contributed by atoms with Crippen LogP contribution in [0.15, 0.2) is 18.5 Å². The number of morpholine rings is 1. The normalized spacial score (nSPS) is 19.8. The van der Waals surface area contributed by atoms with Crippen LogP contribution in [0.1, 0.15) is 20.8 Å². The lowest BCUT2D eigenvalue weighted by molar-refractivity contribution is -0.143. The lowest BCUT2D eigenvalue weighted by Crippen LogP contribution is -2.55. The first-order valence-electron chi connectivity index (χ1n) is 7.01. The Kier molecular flexibility index (Phi) is 8.39. The second-order valence-corrected chi connectivity index (χ2v) is 6.35. The fourth-order valence-corrected chi connectivity index (χ4v) is 2.21. The van der Waals surface area contributed by atoms with Crippen molar-refractivity contribution in [3.05, 3.63) is 18.5 Å². The van der Waals surface area contributed by atoms with Gasteiger partial charge in [0.2, 0.25) is 5.91 Å². The summed E-state index contributed by atoms with van der Waals surface area (Å²) in [4.78, 5) is 14.2. The first-order chi connectivity index (χ1) is 9.38. The third-order valence-electron chi connectivity index (χ3n) is 3.60. The maximum Gasteiger partial charge on any atom is 0.240 e. The van der Waals surface area contributed by atoms with Gasteiger partial charge in [-0.15, -0.1) is 24.8 Å². The van der Waals surface area contributed by atoms with E-state index in [9.17, 15) is 4.79 Å². The van der Waals surface area contributed by atoms with Gasteiger partial charge >= 0.3 is 0 Å². The van der Waals surface area contributed by atoms with Crippen molar-refractivity contribution in [2.45, 2.75) is 39.5 Å². The molecule has 0 radical (unpaired) electrons. The van der Waals surface area contributed by atoms with E-state index in [4.69, 9.17) is 10.5 Å². The number of hydrogen-bond donors (Lipinski definition) is 1. The smallest absolute Gasteiger partial charge is 0.240 e. The van der Waals surface area contributed by atoms with E-state index in [1.165, 1.54) is 0 Å². The summed E-state index contributed by atoms with van der Waals surface area (Å²) < 4.78 is 7.52. The van der Waals surface area contributed by atoms with Crippen molar-refractivity contribution in [3.63, 3.8) is 0 Å². The van der Waals surface area contributed by atoms with Crippen molar-refractivity contribution >= 4 is 30.7 Å². The standard InChI is InChI=1S/C14H24N4O2.2ClH/c1-14(2,3)12(15)13(19)17-7-8-20-11(9-17)10-18-6-4-5-16-18;;/h4-6,11-12H,7-10,15H2,1-3H3;2*1H/t11?,12-;;/m1../s1. The third-order valence-corrected chi connectivity index (χ3v) is 3.60. The van der Waals surface area contributed by atoms with Crippen molar-refractivity contribution in [2.24, 2.45) is 11.1 Å². The number of nitrogens with two attached hydrogens (primary N) is 1. The lowest BCUT2D eigenvalue weighted by Gasteiger charge is -2.37. The number of hydrogen-bond acceptors (Lipinski definition) is 4. The van der Waals surface area contributed by atoms with Crippen LogP contribution in [0.3, 0.4) is 0 Å². The molecule has 1 saturated heterocycles. The zero-order chi connectivity index (χ0) is 14.8. The van der Waals surface area contributed by atoms with Crippen LogP contribution in [-0.2, 0) is 16.1 Å². The molecular weight excluding hydrogens is 327 g/mol. The van der Waals surface area contributed by atoms with E-state index < -0.39 is 6.04 Å². The monoisotopic (exact) mass is 352 g/mol. The van der Waals surface area contributed by atoms with Crippen LogP contribution < -0.4 is 5.73 Å². The Morgan fingerprint density at radius 3 is 2.68 bits per heavy atom. The van der Waals surface area contributed by atoms with E-state index in [1.807, 2.05) is 42.6 Å². The Bertz CT molecular complexity index is 448. The average molecular weight is 353 g/mol. The van der Waals surface area contributed by atoms with Crippen molar-refractivity contribution in [1.29, 1.82) is 0 Å². The maximum absolute atomic E-state index is 12.4. The number of ether oxygens (including phenoxy) is 1. The molecule has 22 heavy (non-hydrogen) atoms. The number of nitrogens with zero attached hydrogens (tertiary/aromatic N) is 3. The number of rotatable bonds is 3. The largest absolute Gasteiger partial charge is 0.373 e. The molecule has 2 N–H and O–H groups in total. The zero-order valence-electron chi connectivity index (χ0n) is 13.3. The number of aromatic nitrogens is 2. The molecule has 1 amide bonds. The molecule has 0 bridgehead atoms. The molecule has 1 unspecified atom stereocenters.